The van der Waals surface area contributed by atoms with Gasteiger partial charge in [0.2, 0.25) is 0 Å². The molecule has 48 heavy (non-hydrogen) atoms. The largest absolute Gasteiger partial charge is 0.496 e. The van der Waals surface area contributed by atoms with Gasteiger partial charge in [-0.05, 0) is 125 Å². The first-order valence-electron chi connectivity index (χ1n) is 17.0. The molecule has 0 fully saturated rings. The summed E-state index contributed by atoms with van der Waals surface area (Å²) in [5.41, 5.74) is 16.6. The molecule has 0 unspecified atom stereocenters. The first kappa shape index (κ1) is 30.2. The molecule has 1 aliphatic heterocycles. The highest BCUT2D eigenvalue weighted by atomic mass is 16.5. The number of ether oxygens (including phenoxy) is 2. The maximum Gasteiger partial charge on any atom is 0.261 e. The third-order valence-corrected chi connectivity index (χ3v) is 10.6. The van der Waals surface area contributed by atoms with Gasteiger partial charge in [-0.2, -0.15) is 0 Å². The van der Waals surface area contributed by atoms with Crippen LogP contribution < -0.4 is 9.47 Å². The van der Waals surface area contributed by atoms with E-state index in [1.54, 1.807) is 14.2 Å². The van der Waals surface area contributed by atoms with E-state index in [9.17, 15) is 9.59 Å². The monoisotopic (exact) mass is 633 g/mol. The molecular formula is C43H39NO4. The summed E-state index contributed by atoms with van der Waals surface area (Å²) in [5.74, 6) is 1.37. The van der Waals surface area contributed by atoms with Crippen LogP contribution in [0.15, 0.2) is 72.8 Å². The molecule has 0 spiro atoms. The first-order valence-corrected chi connectivity index (χ1v) is 17.0. The van der Waals surface area contributed by atoms with E-state index >= 15 is 0 Å². The number of hydrogen-bond acceptors (Lipinski definition) is 4. The third kappa shape index (κ3) is 4.23. The predicted molar refractivity (Wildman–Crippen MR) is 191 cm³/mol. The number of carbonyl (C=O) groups excluding carboxylic acids is 2. The van der Waals surface area contributed by atoms with Gasteiger partial charge in [0.05, 0.1) is 25.3 Å². The molecule has 8 rings (SSSR count). The van der Waals surface area contributed by atoms with Gasteiger partial charge >= 0.3 is 0 Å². The molecule has 0 N–H and O–H groups in total. The van der Waals surface area contributed by atoms with Crippen LogP contribution in [0, 0.1) is 13.8 Å². The lowest BCUT2D eigenvalue weighted by Crippen LogP contribution is -2.30. The van der Waals surface area contributed by atoms with Crippen LogP contribution in [0.2, 0.25) is 0 Å². The Morgan fingerprint density at radius 1 is 0.583 bits per heavy atom. The number of amides is 2. The number of hydrogen-bond donors (Lipinski definition) is 0. The van der Waals surface area contributed by atoms with Gasteiger partial charge in [-0.1, -0.05) is 67.6 Å². The predicted octanol–water partition coefficient (Wildman–Crippen LogP) is 9.19. The van der Waals surface area contributed by atoms with Crippen molar-refractivity contribution in [1.82, 2.24) is 4.90 Å². The van der Waals surface area contributed by atoms with Gasteiger partial charge in [-0.15, -0.1) is 0 Å². The molecule has 0 radical (unpaired) electrons. The maximum atomic E-state index is 14.2. The Bertz CT molecular complexity index is 2010. The van der Waals surface area contributed by atoms with Gasteiger partial charge < -0.3 is 9.47 Å². The fraction of sp³-hybridized carbons (Fsp3) is 0.256. The molecule has 0 aromatic heterocycles. The van der Waals surface area contributed by atoms with Crippen LogP contribution in [0.3, 0.4) is 0 Å². The highest BCUT2D eigenvalue weighted by molar-refractivity contribution is 6.25. The minimum atomic E-state index is -0.149. The number of nitrogens with zero attached hydrogens (tertiary/aromatic N) is 1. The minimum Gasteiger partial charge on any atom is -0.496 e. The molecule has 1 heterocycles. The molecule has 3 aliphatic rings. The molecule has 5 aromatic rings. The van der Waals surface area contributed by atoms with E-state index in [4.69, 9.17) is 9.47 Å². The molecular weight excluding hydrogens is 594 g/mol. The molecule has 2 aliphatic carbocycles. The summed E-state index contributed by atoms with van der Waals surface area (Å²) in [6, 6.07) is 25.3. The van der Waals surface area contributed by atoms with Crippen molar-refractivity contribution < 1.29 is 19.1 Å². The molecule has 0 atom stereocenters. The first-order chi connectivity index (χ1) is 23.4. The number of benzene rings is 5. The van der Waals surface area contributed by atoms with Gasteiger partial charge in [0.1, 0.15) is 11.5 Å². The second-order valence-electron chi connectivity index (χ2n) is 13.2. The fourth-order valence-electron chi connectivity index (χ4n) is 8.70. The van der Waals surface area contributed by atoms with E-state index in [1.807, 2.05) is 19.1 Å². The van der Waals surface area contributed by atoms with E-state index < -0.39 is 0 Å². The second kappa shape index (κ2) is 11.5. The average Bonchev–Trinajstić information content (AvgIpc) is 3.37. The van der Waals surface area contributed by atoms with Crippen LogP contribution in [0.25, 0.3) is 44.5 Å². The number of methoxy groups -OCH3 is 2. The zero-order valence-corrected chi connectivity index (χ0v) is 28.3. The molecule has 5 aromatic carbocycles. The van der Waals surface area contributed by atoms with E-state index in [0.29, 0.717) is 30.5 Å². The lowest BCUT2D eigenvalue weighted by atomic mass is 9.69. The summed E-state index contributed by atoms with van der Waals surface area (Å²) in [7, 11) is 3.48. The van der Waals surface area contributed by atoms with Crippen molar-refractivity contribution in [2.45, 2.75) is 52.9 Å². The highest BCUT2D eigenvalue weighted by Crippen LogP contribution is 2.55. The van der Waals surface area contributed by atoms with Gasteiger partial charge in [-0.3, -0.25) is 14.5 Å². The number of imide groups is 1. The maximum absolute atomic E-state index is 14.2. The molecule has 240 valence electrons. The summed E-state index contributed by atoms with van der Waals surface area (Å²) in [6.07, 6.45) is 3.64. The van der Waals surface area contributed by atoms with Crippen LogP contribution in [-0.2, 0) is 25.7 Å². The zero-order chi connectivity index (χ0) is 33.3. The number of rotatable bonds is 6. The number of carbonyl (C=O) groups is 2. The lowest BCUT2D eigenvalue weighted by molar-refractivity contribution is 0.0653. The Morgan fingerprint density at radius 2 is 1.00 bits per heavy atom. The van der Waals surface area contributed by atoms with Gasteiger partial charge in [0, 0.05) is 17.7 Å². The van der Waals surface area contributed by atoms with Gasteiger partial charge in [0.25, 0.3) is 11.8 Å². The average molecular weight is 634 g/mol. The smallest absolute Gasteiger partial charge is 0.261 e. The topological polar surface area (TPSA) is 55.8 Å². The van der Waals surface area contributed by atoms with E-state index in [0.717, 1.165) is 97.5 Å². The van der Waals surface area contributed by atoms with Crippen molar-refractivity contribution in [2.75, 3.05) is 20.8 Å². The van der Waals surface area contributed by atoms with E-state index in [1.165, 1.54) is 16.0 Å². The van der Waals surface area contributed by atoms with Crippen LogP contribution >= 0.6 is 0 Å². The van der Waals surface area contributed by atoms with Gasteiger partial charge in [0.15, 0.2) is 0 Å². The summed E-state index contributed by atoms with van der Waals surface area (Å²) in [4.78, 5) is 29.9. The Balaban J connectivity index is 1.49. The van der Waals surface area contributed by atoms with Crippen molar-refractivity contribution >= 4 is 11.8 Å². The summed E-state index contributed by atoms with van der Waals surface area (Å²) < 4.78 is 12.4. The lowest BCUT2D eigenvalue weighted by Gasteiger charge is -2.34. The Hall–Kier alpha value is -5.16. The van der Waals surface area contributed by atoms with Crippen LogP contribution in [0.5, 0.6) is 11.5 Å². The van der Waals surface area contributed by atoms with Crippen LogP contribution in [-0.4, -0.2) is 37.5 Å². The van der Waals surface area contributed by atoms with E-state index in [2.05, 4.69) is 74.5 Å². The summed E-state index contributed by atoms with van der Waals surface area (Å²) in [6.45, 7) is 6.72. The minimum absolute atomic E-state index is 0.149. The highest BCUT2D eigenvalue weighted by Gasteiger charge is 2.44. The standard InChI is InChI=1S/C43H39NO4/c1-6-21-44-42(45)38-30-19-17-28-22-32(26-13-9-7-10-14-26)40(47-4)24(2)34(28)36(30)37-31(39(38)43(44)46)20-18-29-23-33(27-15-11-8-12-16-27)41(48-5)25(3)35(29)37/h7-16,22-23H,6,17-21H2,1-5H3. The molecule has 0 saturated carbocycles. The van der Waals surface area contributed by atoms with E-state index in [-0.39, 0.29) is 11.8 Å². The van der Waals surface area contributed by atoms with Crippen LogP contribution in [0.4, 0.5) is 0 Å². The van der Waals surface area contributed by atoms with Gasteiger partial charge in [-0.25, -0.2) is 0 Å². The van der Waals surface area contributed by atoms with Crippen molar-refractivity contribution in [1.29, 1.82) is 0 Å². The molecule has 5 heteroatoms. The Kier molecular flexibility index (Phi) is 7.24. The van der Waals surface area contributed by atoms with Crippen molar-refractivity contribution in [2.24, 2.45) is 0 Å². The number of aryl methyl sites for hydroxylation is 2. The van der Waals surface area contributed by atoms with Crippen LogP contribution in [0.1, 0.15) is 67.4 Å². The molecule has 5 nitrogen and oxygen atoms in total. The third-order valence-electron chi connectivity index (χ3n) is 10.6. The normalized spacial score (nSPS) is 14.2. The Labute approximate surface area is 282 Å². The fourth-order valence-corrected chi connectivity index (χ4v) is 8.70. The summed E-state index contributed by atoms with van der Waals surface area (Å²) >= 11 is 0. The second-order valence-corrected chi connectivity index (χ2v) is 13.2. The number of fused-ring (bicyclic) bond motifs is 10. The zero-order valence-electron chi connectivity index (χ0n) is 28.3. The van der Waals surface area contributed by atoms with Crippen molar-refractivity contribution in [3.05, 3.63) is 117 Å². The summed E-state index contributed by atoms with van der Waals surface area (Å²) in [5, 5.41) is 0. The van der Waals surface area contributed by atoms with Crippen molar-refractivity contribution in [3.63, 3.8) is 0 Å². The quantitative estimate of drug-likeness (QED) is 0.175. The molecule has 2 amide bonds. The molecule has 0 saturated heterocycles. The SMILES string of the molecule is CCCN1C(=O)c2c3c(c4c(c2C1=O)CCc1cc(-c2ccccc2)c(OC)c(C)c1-4)-c1c(cc(-c2ccccc2)c(OC)c1C)CC3. The molecule has 0 bridgehead atoms. The Morgan fingerprint density at radius 3 is 1.38 bits per heavy atom. The van der Waals surface area contributed by atoms with Crippen molar-refractivity contribution in [3.8, 4) is 56.0 Å².